The molecule has 1 N–H and O–H groups in total. The van der Waals surface area contributed by atoms with Crippen LogP contribution < -0.4 is 5.32 Å². The number of rotatable bonds is 3. The van der Waals surface area contributed by atoms with Gasteiger partial charge >= 0.3 is 0 Å². The van der Waals surface area contributed by atoms with Gasteiger partial charge in [0.05, 0.1) is 0 Å². The molecule has 90 valence electrons. The van der Waals surface area contributed by atoms with E-state index >= 15 is 0 Å². The first-order valence-corrected chi connectivity index (χ1v) is 7.12. The fourth-order valence-corrected chi connectivity index (χ4v) is 4.00. The summed E-state index contributed by atoms with van der Waals surface area (Å²) in [6.45, 7) is 14.0. The largest absolute Gasteiger partial charge is 0.308 e. The first kappa shape index (κ1) is 13.4. The van der Waals surface area contributed by atoms with Gasteiger partial charge in [0.15, 0.2) is 0 Å². The maximum Gasteiger partial charge on any atom is 0.0173 e. The molecule has 0 bridgehead atoms. The number of thioether (sulfide) groups is 1. The Morgan fingerprint density at radius 3 is 2.20 bits per heavy atom. The van der Waals surface area contributed by atoms with Crippen molar-refractivity contribution in [1.29, 1.82) is 0 Å². The molecule has 0 aromatic heterocycles. The average molecular weight is 229 g/mol. The summed E-state index contributed by atoms with van der Waals surface area (Å²) >= 11 is 2.10. The summed E-state index contributed by atoms with van der Waals surface area (Å²) in [5.41, 5.74) is 0.682. The van der Waals surface area contributed by atoms with Gasteiger partial charge in [-0.1, -0.05) is 27.7 Å². The van der Waals surface area contributed by atoms with Gasteiger partial charge in [-0.2, -0.15) is 11.8 Å². The highest BCUT2D eigenvalue weighted by atomic mass is 32.2. The molecule has 2 atom stereocenters. The van der Waals surface area contributed by atoms with E-state index in [2.05, 4.69) is 58.6 Å². The second-order valence-electron chi connectivity index (χ2n) is 6.84. The highest BCUT2D eigenvalue weighted by Gasteiger charge is 2.30. The lowest BCUT2D eigenvalue weighted by molar-refractivity contribution is 0.226. The maximum absolute atomic E-state index is 3.82. The van der Waals surface area contributed by atoms with Crippen LogP contribution in [0.3, 0.4) is 0 Å². The van der Waals surface area contributed by atoms with Crippen molar-refractivity contribution in [2.75, 3.05) is 5.75 Å². The molecule has 1 aliphatic heterocycles. The first-order chi connectivity index (χ1) is 6.68. The van der Waals surface area contributed by atoms with Gasteiger partial charge in [0.25, 0.3) is 0 Å². The number of nitrogens with one attached hydrogen (secondary N) is 1. The molecular weight excluding hydrogens is 202 g/mol. The lowest BCUT2D eigenvalue weighted by Gasteiger charge is -2.35. The Morgan fingerprint density at radius 1 is 1.20 bits per heavy atom. The summed E-state index contributed by atoms with van der Waals surface area (Å²) in [5.74, 6) is 1.29. The van der Waals surface area contributed by atoms with Crippen LogP contribution in [0.1, 0.15) is 54.4 Å². The topological polar surface area (TPSA) is 12.0 Å². The molecule has 2 unspecified atom stereocenters. The molecule has 1 fully saturated rings. The van der Waals surface area contributed by atoms with Crippen molar-refractivity contribution in [3.8, 4) is 0 Å². The molecule has 1 heterocycles. The van der Waals surface area contributed by atoms with Crippen molar-refractivity contribution in [3.05, 3.63) is 0 Å². The molecule has 0 saturated carbocycles. The Bertz CT molecular complexity index is 205. The Labute approximate surface area is 99.8 Å². The zero-order valence-electron chi connectivity index (χ0n) is 11.2. The van der Waals surface area contributed by atoms with E-state index in [0.717, 1.165) is 11.3 Å². The van der Waals surface area contributed by atoms with Gasteiger partial charge in [0.2, 0.25) is 0 Å². The first-order valence-electron chi connectivity index (χ1n) is 6.07. The van der Waals surface area contributed by atoms with Crippen molar-refractivity contribution >= 4 is 11.8 Å². The summed E-state index contributed by atoms with van der Waals surface area (Å²) in [7, 11) is 0. The molecule has 1 nitrogen and oxygen atoms in total. The maximum atomic E-state index is 3.82. The molecular formula is C13H27NS. The van der Waals surface area contributed by atoms with Crippen LogP contribution in [0, 0.1) is 5.41 Å². The smallest absolute Gasteiger partial charge is 0.0173 e. The third-order valence-corrected chi connectivity index (χ3v) is 4.12. The lowest BCUT2D eigenvalue weighted by atomic mass is 9.81. The van der Waals surface area contributed by atoms with Crippen LogP contribution >= 0.6 is 11.8 Å². The van der Waals surface area contributed by atoms with E-state index in [1.54, 1.807) is 0 Å². The summed E-state index contributed by atoms with van der Waals surface area (Å²) in [6, 6.07) is 0.724. The van der Waals surface area contributed by atoms with Crippen LogP contribution in [-0.4, -0.2) is 22.6 Å². The number of hydrogen-bond acceptors (Lipinski definition) is 2. The van der Waals surface area contributed by atoms with E-state index < -0.39 is 0 Å². The number of hydrogen-bond donors (Lipinski definition) is 1. The van der Waals surface area contributed by atoms with Crippen molar-refractivity contribution in [2.24, 2.45) is 5.41 Å². The molecule has 0 aromatic carbocycles. The SMILES string of the molecule is CC1CC(NC(C)(C)CC(C)(C)C)CS1. The van der Waals surface area contributed by atoms with Gasteiger partial charge in [-0.25, -0.2) is 0 Å². The van der Waals surface area contributed by atoms with Crippen LogP contribution in [-0.2, 0) is 0 Å². The van der Waals surface area contributed by atoms with E-state index in [4.69, 9.17) is 0 Å². The van der Waals surface area contributed by atoms with Crippen molar-refractivity contribution < 1.29 is 0 Å². The van der Waals surface area contributed by atoms with E-state index in [0.29, 0.717) is 5.41 Å². The van der Waals surface area contributed by atoms with Crippen LogP contribution in [0.2, 0.25) is 0 Å². The Morgan fingerprint density at radius 2 is 1.80 bits per heavy atom. The quantitative estimate of drug-likeness (QED) is 0.792. The van der Waals surface area contributed by atoms with E-state index in [1.165, 1.54) is 18.6 Å². The summed E-state index contributed by atoms with van der Waals surface area (Å²) in [6.07, 6.45) is 2.56. The minimum absolute atomic E-state index is 0.271. The van der Waals surface area contributed by atoms with Crippen LogP contribution in [0.4, 0.5) is 0 Å². The standard InChI is InChI=1S/C13H27NS/c1-10-7-11(8-15-10)14-13(5,6)9-12(2,3)4/h10-11,14H,7-9H2,1-6H3. The Hall–Kier alpha value is 0.310. The highest BCUT2D eigenvalue weighted by molar-refractivity contribution is 8.00. The normalized spacial score (nSPS) is 28.4. The monoisotopic (exact) mass is 229 g/mol. The third-order valence-electron chi connectivity index (χ3n) is 2.77. The van der Waals surface area contributed by atoms with Crippen molar-refractivity contribution in [2.45, 2.75) is 71.2 Å². The van der Waals surface area contributed by atoms with Crippen LogP contribution in [0.5, 0.6) is 0 Å². The summed E-state index contributed by atoms with van der Waals surface area (Å²) in [4.78, 5) is 0. The van der Waals surface area contributed by atoms with Crippen LogP contribution in [0.15, 0.2) is 0 Å². The third kappa shape index (κ3) is 5.26. The minimum atomic E-state index is 0.271. The molecule has 1 aliphatic rings. The molecule has 0 aliphatic carbocycles. The van der Waals surface area contributed by atoms with Crippen molar-refractivity contribution in [3.63, 3.8) is 0 Å². The molecule has 2 heteroatoms. The predicted molar refractivity (Wildman–Crippen MR) is 71.6 cm³/mol. The molecule has 0 radical (unpaired) electrons. The van der Waals surface area contributed by atoms with Gasteiger partial charge in [-0.15, -0.1) is 0 Å². The zero-order valence-corrected chi connectivity index (χ0v) is 12.0. The van der Waals surface area contributed by atoms with E-state index in [1.807, 2.05) is 0 Å². The Kier molecular flexibility index (Phi) is 4.16. The molecule has 0 aromatic rings. The minimum Gasteiger partial charge on any atom is -0.308 e. The van der Waals surface area contributed by atoms with E-state index in [-0.39, 0.29) is 5.54 Å². The van der Waals surface area contributed by atoms with Gasteiger partial charge in [-0.05, 0) is 32.1 Å². The van der Waals surface area contributed by atoms with Crippen LogP contribution in [0.25, 0.3) is 0 Å². The van der Waals surface area contributed by atoms with Crippen molar-refractivity contribution in [1.82, 2.24) is 5.32 Å². The molecule has 0 spiro atoms. The molecule has 1 saturated heterocycles. The molecule has 15 heavy (non-hydrogen) atoms. The molecule has 1 rings (SSSR count). The lowest BCUT2D eigenvalue weighted by Crippen LogP contribution is -2.48. The zero-order chi connectivity index (χ0) is 11.7. The van der Waals surface area contributed by atoms with Gasteiger partial charge in [0, 0.05) is 22.6 Å². The average Bonchev–Trinajstić information content (AvgIpc) is 2.27. The van der Waals surface area contributed by atoms with Gasteiger partial charge in [0.1, 0.15) is 0 Å². The Balaban J connectivity index is 2.42. The van der Waals surface area contributed by atoms with Gasteiger partial charge < -0.3 is 5.32 Å². The fraction of sp³-hybridized carbons (Fsp3) is 1.00. The highest BCUT2D eigenvalue weighted by Crippen LogP contribution is 2.31. The summed E-state index contributed by atoms with van der Waals surface area (Å²) in [5, 5.41) is 4.66. The fourth-order valence-electron chi connectivity index (χ4n) is 2.85. The summed E-state index contributed by atoms with van der Waals surface area (Å²) < 4.78 is 0. The predicted octanol–water partition coefficient (Wildman–Crippen LogP) is 3.68. The van der Waals surface area contributed by atoms with Gasteiger partial charge in [-0.3, -0.25) is 0 Å². The molecule has 0 amide bonds. The second kappa shape index (κ2) is 4.67. The second-order valence-corrected chi connectivity index (χ2v) is 8.31. The van der Waals surface area contributed by atoms with E-state index in [9.17, 15) is 0 Å².